The van der Waals surface area contributed by atoms with E-state index in [1.165, 1.54) is 5.56 Å². The van der Waals surface area contributed by atoms with Crippen LogP contribution in [0.25, 0.3) is 0 Å². The molecular weight excluding hydrogens is 396 g/mol. The monoisotopic (exact) mass is 414 g/mol. The standard InChI is InChI=1S/C16H20Br2N2O/c1-3-20(4-2)11-12-6-5-7-13(8-12)19-10-14-9-15(17)16(18)21-14/h5-9,19H,3-4,10-11H2,1-2H3. The summed E-state index contributed by atoms with van der Waals surface area (Å²) in [7, 11) is 0. The van der Waals surface area contributed by atoms with Crippen molar-refractivity contribution in [1.82, 2.24) is 4.90 Å². The molecule has 0 saturated carbocycles. The van der Waals surface area contributed by atoms with E-state index in [0.29, 0.717) is 6.54 Å². The Morgan fingerprint density at radius 3 is 2.52 bits per heavy atom. The van der Waals surface area contributed by atoms with Crippen LogP contribution in [0.2, 0.25) is 0 Å². The molecule has 0 unspecified atom stereocenters. The van der Waals surface area contributed by atoms with Crippen LogP contribution in [0.1, 0.15) is 25.2 Å². The van der Waals surface area contributed by atoms with Gasteiger partial charge in [0.15, 0.2) is 4.67 Å². The quantitative estimate of drug-likeness (QED) is 0.668. The molecule has 5 heteroatoms. The van der Waals surface area contributed by atoms with E-state index in [4.69, 9.17) is 4.42 Å². The Kier molecular flexibility index (Phi) is 6.33. The Balaban J connectivity index is 1.97. The highest BCUT2D eigenvalue weighted by molar-refractivity contribution is 9.13. The molecule has 3 nitrogen and oxygen atoms in total. The van der Waals surface area contributed by atoms with Crippen molar-refractivity contribution in [2.24, 2.45) is 0 Å². The third-order valence-corrected chi connectivity index (χ3v) is 5.10. The van der Waals surface area contributed by atoms with Gasteiger partial charge in [0.2, 0.25) is 0 Å². The second kappa shape index (κ2) is 8.01. The van der Waals surface area contributed by atoms with E-state index >= 15 is 0 Å². The number of hydrogen-bond donors (Lipinski definition) is 1. The van der Waals surface area contributed by atoms with Gasteiger partial charge in [0.05, 0.1) is 11.0 Å². The summed E-state index contributed by atoms with van der Waals surface area (Å²) in [6.07, 6.45) is 0. The number of hydrogen-bond acceptors (Lipinski definition) is 3. The maximum atomic E-state index is 5.56. The number of furan rings is 1. The molecule has 0 aliphatic rings. The first-order valence-electron chi connectivity index (χ1n) is 7.11. The average molecular weight is 416 g/mol. The Hall–Kier alpha value is -0.780. The molecule has 114 valence electrons. The van der Waals surface area contributed by atoms with Crippen LogP contribution < -0.4 is 5.32 Å². The SMILES string of the molecule is CCN(CC)Cc1cccc(NCc2cc(Br)c(Br)o2)c1. The van der Waals surface area contributed by atoms with Crippen molar-refractivity contribution < 1.29 is 4.42 Å². The second-order valence-corrected chi connectivity index (χ2v) is 6.42. The summed E-state index contributed by atoms with van der Waals surface area (Å²) < 4.78 is 7.24. The minimum atomic E-state index is 0.666. The van der Waals surface area contributed by atoms with Gasteiger partial charge in [0, 0.05) is 12.2 Å². The summed E-state index contributed by atoms with van der Waals surface area (Å²) in [6, 6.07) is 10.5. The molecule has 0 aliphatic heterocycles. The fourth-order valence-electron chi connectivity index (χ4n) is 2.15. The van der Waals surface area contributed by atoms with E-state index in [1.54, 1.807) is 0 Å². The van der Waals surface area contributed by atoms with Gasteiger partial charge in [-0.05, 0) is 68.7 Å². The topological polar surface area (TPSA) is 28.4 Å². The number of nitrogens with one attached hydrogen (secondary N) is 1. The number of benzene rings is 1. The minimum absolute atomic E-state index is 0.666. The molecule has 1 N–H and O–H groups in total. The van der Waals surface area contributed by atoms with E-state index in [0.717, 1.165) is 40.2 Å². The molecule has 0 saturated heterocycles. The lowest BCUT2D eigenvalue weighted by Gasteiger charge is -2.18. The fraction of sp³-hybridized carbons (Fsp3) is 0.375. The Morgan fingerprint density at radius 2 is 1.90 bits per heavy atom. The maximum Gasteiger partial charge on any atom is 0.183 e. The van der Waals surface area contributed by atoms with Gasteiger partial charge in [-0.15, -0.1) is 0 Å². The highest BCUT2D eigenvalue weighted by Gasteiger charge is 2.06. The van der Waals surface area contributed by atoms with Crippen LogP contribution in [0, 0.1) is 0 Å². The highest BCUT2D eigenvalue weighted by Crippen LogP contribution is 2.27. The van der Waals surface area contributed by atoms with Crippen LogP contribution >= 0.6 is 31.9 Å². The van der Waals surface area contributed by atoms with Crippen molar-refractivity contribution in [1.29, 1.82) is 0 Å². The van der Waals surface area contributed by atoms with Crippen molar-refractivity contribution >= 4 is 37.5 Å². The van der Waals surface area contributed by atoms with Crippen molar-refractivity contribution in [3.63, 3.8) is 0 Å². The largest absolute Gasteiger partial charge is 0.451 e. The van der Waals surface area contributed by atoms with Gasteiger partial charge < -0.3 is 9.73 Å². The predicted molar refractivity (Wildman–Crippen MR) is 94.5 cm³/mol. The van der Waals surface area contributed by atoms with Crippen LogP contribution in [-0.2, 0) is 13.1 Å². The van der Waals surface area contributed by atoms with Crippen LogP contribution in [0.5, 0.6) is 0 Å². The van der Waals surface area contributed by atoms with Crippen molar-refractivity contribution in [3.8, 4) is 0 Å². The number of nitrogens with zero attached hydrogens (tertiary/aromatic N) is 1. The van der Waals surface area contributed by atoms with E-state index in [9.17, 15) is 0 Å². The van der Waals surface area contributed by atoms with Gasteiger partial charge in [0.1, 0.15) is 5.76 Å². The summed E-state index contributed by atoms with van der Waals surface area (Å²) in [5.41, 5.74) is 2.44. The van der Waals surface area contributed by atoms with E-state index in [2.05, 4.69) is 80.2 Å². The van der Waals surface area contributed by atoms with Crippen molar-refractivity contribution in [3.05, 3.63) is 50.8 Å². The fourth-order valence-corrected chi connectivity index (χ4v) is 2.81. The van der Waals surface area contributed by atoms with Gasteiger partial charge in [-0.2, -0.15) is 0 Å². The first-order chi connectivity index (χ1) is 10.1. The third-order valence-electron chi connectivity index (χ3n) is 3.39. The Labute approximate surface area is 143 Å². The van der Waals surface area contributed by atoms with Crippen molar-refractivity contribution in [2.75, 3.05) is 18.4 Å². The molecule has 0 atom stereocenters. The van der Waals surface area contributed by atoms with Gasteiger partial charge in [-0.3, -0.25) is 4.90 Å². The van der Waals surface area contributed by atoms with Gasteiger partial charge in [-0.25, -0.2) is 0 Å². The summed E-state index contributed by atoms with van der Waals surface area (Å²) in [5.74, 6) is 0.892. The third kappa shape index (κ3) is 4.87. The first-order valence-corrected chi connectivity index (χ1v) is 8.69. The molecule has 0 radical (unpaired) electrons. The first kappa shape index (κ1) is 16.6. The molecule has 1 heterocycles. The maximum absolute atomic E-state index is 5.56. The minimum Gasteiger partial charge on any atom is -0.451 e. The molecule has 0 bridgehead atoms. The molecule has 2 rings (SSSR count). The van der Waals surface area contributed by atoms with Crippen LogP contribution in [0.3, 0.4) is 0 Å². The lowest BCUT2D eigenvalue weighted by molar-refractivity contribution is 0.296. The number of rotatable bonds is 7. The van der Waals surface area contributed by atoms with Gasteiger partial charge in [0.25, 0.3) is 0 Å². The molecule has 0 aliphatic carbocycles. The van der Waals surface area contributed by atoms with Crippen LogP contribution in [0.15, 0.2) is 43.9 Å². The highest BCUT2D eigenvalue weighted by atomic mass is 79.9. The van der Waals surface area contributed by atoms with Crippen LogP contribution in [0.4, 0.5) is 5.69 Å². The second-order valence-electron chi connectivity index (χ2n) is 4.85. The van der Waals surface area contributed by atoms with Gasteiger partial charge >= 0.3 is 0 Å². The van der Waals surface area contributed by atoms with E-state index < -0.39 is 0 Å². The Bertz CT molecular complexity index is 560. The van der Waals surface area contributed by atoms with Crippen LogP contribution in [-0.4, -0.2) is 18.0 Å². The predicted octanol–water partition coefficient (Wildman–Crippen LogP) is 5.26. The zero-order valence-corrected chi connectivity index (χ0v) is 15.5. The number of halogens is 2. The summed E-state index contributed by atoms with van der Waals surface area (Å²) in [5, 5.41) is 3.40. The Morgan fingerprint density at radius 1 is 1.14 bits per heavy atom. The average Bonchev–Trinajstić information content (AvgIpc) is 2.82. The zero-order valence-electron chi connectivity index (χ0n) is 12.3. The molecule has 2 aromatic rings. The summed E-state index contributed by atoms with van der Waals surface area (Å²) >= 11 is 6.77. The van der Waals surface area contributed by atoms with Gasteiger partial charge in [-0.1, -0.05) is 26.0 Å². The molecule has 0 spiro atoms. The van der Waals surface area contributed by atoms with E-state index in [-0.39, 0.29) is 0 Å². The zero-order chi connectivity index (χ0) is 15.2. The molecule has 1 aromatic carbocycles. The molecule has 0 fully saturated rings. The normalized spacial score (nSPS) is 11.1. The molecular formula is C16H20Br2N2O. The lowest BCUT2D eigenvalue weighted by atomic mass is 10.2. The molecule has 0 amide bonds. The van der Waals surface area contributed by atoms with Crippen molar-refractivity contribution in [2.45, 2.75) is 26.9 Å². The number of anilines is 1. The molecule has 1 aromatic heterocycles. The molecule has 21 heavy (non-hydrogen) atoms. The summed E-state index contributed by atoms with van der Waals surface area (Å²) in [4.78, 5) is 2.40. The summed E-state index contributed by atoms with van der Waals surface area (Å²) in [6.45, 7) is 8.18. The smallest absolute Gasteiger partial charge is 0.183 e. The van der Waals surface area contributed by atoms with E-state index in [1.807, 2.05) is 6.07 Å². The lowest BCUT2D eigenvalue weighted by Crippen LogP contribution is -2.22.